The molecule has 0 saturated carbocycles. The first kappa shape index (κ1) is 12.3. The topological polar surface area (TPSA) is 78.6 Å². The second kappa shape index (κ2) is 5.00. The molecule has 0 spiro atoms. The average molecular weight is 249 g/mol. The van der Waals surface area contributed by atoms with Gasteiger partial charge in [-0.3, -0.25) is 0 Å². The molecular formula is C10H19NO4S. The predicted octanol–water partition coefficient (Wildman–Crippen LogP) is 0.0440. The molecule has 94 valence electrons. The van der Waals surface area contributed by atoms with Crippen LogP contribution in [0.3, 0.4) is 0 Å². The van der Waals surface area contributed by atoms with Gasteiger partial charge in [-0.2, -0.15) is 0 Å². The standard InChI is InChI=1S/C10H19NO4S/c11-4-3-8-7-14-10(15-8)6-9-2-1-5-16(9,12)13/h8-10H,1-7,11H2. The van der Waals surface area contributed by atoms with Gasteiger partial charge in [0.05, 0.1) is 23.7 Å². The third-order valence-corrected chi connectivity index (χ3v) is 5.52. The first-order chi connectivity index (χ1) is 7.62. The Bertz CT molecular complexity index is 330. The molecule has 3 atom stereocenters. The molecule has 0 aromatic carbocycles. The summed E-state index contributed by atoms with van der Waals surface area (Å²) in [6.45, 7) is 1.11. The maximum atomic E-state index is 11.6. The first-order valence-corrected chi connectivity index (χ1v) is 7.52. The van der Waals surface area contributed by atoms with E-state index in [1.165, 1.54) is 0 Å². The van der Waals surface area contributed by atoms with Crippen molar-refractivity contribution in [3.63, 3.8) is 0 Å². The minimum Gasteiger partial charge on any atom is -0.350 e. The molecule has 0 radical (unpaired) electrons. The summed E-state index contributed by atoms with van der Waals surface area (Å²) in [4.78, 5) is 0. The molecule has 2 heterocycles. The van der Waals surface area contributed by atoms with Gasteiger partial charge in [-0.15, -0.1) is 0 Å². The molecule has 2 aliphatic rings. The summed E-state index contributed by atoms with van der Waals surface area (Å²) in [6, 6.07) is 0. The lowest BCUT2D eigenvalue weighted by molar-refractivity contribution is -0.0627. The van der Waals surface area contributed by atoms with Crippen LogP contribution in [-0.4, -0.2) is 45.0 Å². The summed E-state index contributed by atoms with van der Waals surface area (Å²) in [5.74, 6) is 0.316. The highest BCUT2D eigenvalue weighted by molar-refractivity contribution is 7.92. The molecule has 2 N–H and O–H groups in total. The van der Waals surface area contributed by atoms with E-state index in [4.69, 9.17) is 15.2 Å². The second-order valence-corrected chi connectivity index (χ2v) is 6.87. The van der Waals surface area contributed by atoms with E-state index in [0.717, 1.165) is 19.3 Å². The lowest BCUT2D eigenvalue weighted by Crippen LogP contribution is -2.24. The van der Waals surface area contributed by atoms with Crippen molar-refractivity contribution in [2.24, 2.45) is 5.73 Å². The van der Waals surface area contributed by atoms with Crippen molar-refractivity contribution < 1.29 is 17.9 Å². The lowest BCUT2D eigenvalue weighted by Gasteiger charge is -2.15. The van der Waals surface area contributed by atoms with Gasteiger partial charge in [-0.1, -0.05) is 0 Å². The molecule has 2 rings (SSSR count). The van der Waals surface area contributed by atoms with Crippen LogP contribution in [0.5, 0.6) is 0 Å². The highest BCUT2D eigenvalue weighted by atomic mass is 32.2. The number of sulfone groups is 1. The highest BCUT2D eigenvalue weighted by Crippen LogP contribution is 2.27. The Balaban J connectivity index is 1.83. The minimum absolute atomic E-state index is 0.0408. The third-order valence-electron chi connectivity index (χ3n) is 3.22. The van der Waals surface area contributed by atoms with Gasteiger partial charge in [0.25, 0.3) is 0 Å². The molecule has 2 saturated heterocycles. The van der Waals surface area contributed by atoms with Gasteiger partial charge in [0.1, 0.15) is 0 Å². The van der Waals surface area contributed by atoms with E-state index >= 15 is 0 Å². The lowest BCUT2D eigenvalue weighted by atomic mass is 10.2. The van der Waals surface area contributed by atoms with Gasteiger partial charge in [-0.25, -0.2) is 8.42 Å². The maximum absolute atomic E-state index is 11.6. The van der Waals surface area contributed by atoms with Crippen molar-refractivity contribution >= 4 is 9.84 Å². The zero-order valence-corrected chi connectivity index (χ0v) is 10.1. The van der Waals surface area contributed by atoms with Crippen LogP contribution < -0.4 is 5.73 Å². The normalized spacial score (nSPS) is 37.9. The molecule has 0 aromatic heterocycles. The molecule has 5 nitrogen and oxygen atoms in total. The molecule has 0 bridgehead atoms. The van der Waals surface area contributed by atoms with E-state index in [0.29, 0.717) is 25.3 Å². The van der Waals surface area contributed by atoms with Crippen LogP contribution in [0.25, 0.3) is 0 Å². The van der Waals surface area contributed by atoms with Crippen LogP contribution in [0.15, 0.2) is 0 Å². The van der Waals surface area contributed by atoms with E-state index in [-0.39, 0.29) is 17.6 Å². The molecule has 6 heteroatoms. The predicted molar refractivity (Wildman–Crippen MR) is 59.7 cm³/mol. The van der Waals surface area contributed by atoms with E-state index in [1.807, 2.05) is 0 Å². The zero-order valence-electron chi connectivity index (χ0n) is 9.30. The van der Waals surface area contributed by atoms with Crippen molar-refractivity contribution in [1.82, 2.24) is 0 Å². The highest BCUT2D eigenvalue weighted by Gasteiger charge is 2.36. The number of hydrogen-bond acceptors (Lipinski definition) is 5. The Morgan fingerprint density at radius 1 is 1.38 bits per heavy atom. The van der Waals surface area contributed by atoms with E-state index in [9.17, 15) is 8.42 Å². The fraction of sp³-hybridized carbons (Fsp3) is 1.00. The van der Waals surface area contributed by atoms with Crippen molar-refractivity contribution in [2.75, 3.05) is 18.9 Å². The van der Waals surface area contributed by atoms with Gasteiger partial charge >= 0.3 is 0 Å². The van der Waals surface area contributed by atoms with Crippen LogP contribution in [0.4, 0.5) is 0 Å². The monoisotopic (exact) mass is 249 g/mol. The zero-order chi connectivity index (χ0) is 11.6. The Labute approximate surface area is 96.2 Å². The van der Waals surface area contributed by atoms with Crippen LogP contribution in [0, 0.1) is 0 Å². The number of ether oxygens (including phenoxy) is 2. The number of hydrogen-bond donors (Lipinski definition) is 1. The molecule has 2 fully saturated rings. The second-order valence-electron chi connectivity index (χ2n) is 4.47. The van der Waals surface area contributed by atoms with E-state index < -0.39 is 9.84 Å². The fourth-order valence-electron chi connectivity index (χ4n) is 2.31. The maximum Gasteiger partial charge on any atom is 0.159 e. The van der Waals surface area contributed by atoms with Gasteiger partial charge in [0.15, 0.2) is 16.1 Å². The van der Waals surface area contributed by atoms with Gasteiger partial charge in [0.2, 0.25) is 0 Å². The number of nitrogens with two attached hydrogens (primary N) is 1. The largest absolute Gasteiger partial charge is 0.350 e. The molecule has 16 heavy (non-hydrogen) atoms. The van der Waals surface area contributed by atoms with Gasteiger partial charge < -0.3 is 15.2 Å². The van der Waals surface area contributed by atoms with Crippen molar-refractivity contribution in [3.05, 3.63) is 0 Å². The quantitative estimate of drug-likeness (QED) is 0.761. The molecule has 2 aliphatic heterocycles. The SMILES string of the molecule is NCCC1COC(CC2CCCS2(=O)=O)O1. The Morgan fingerprint density at radius 2 is 2.19 bits per heavy atom. The summed E-state index contributed by atoms with van der Waals surface area (Å²) < 4.78 is 34.3. The van der Waals surface area contributed by atoms with Crippen LogP contribution in [-0.2, 0) is 19.3 Å². The van der Waals surface area contributed by atoms with Crippen molar-refractivity contribution in [1.29, 1.82) is 0 Å². The summed E-state index contributed by atoms with van der Waals surface area (Å²) >= 11 is 0. The van der Waals surface area contributed by atoms with E-state index in [1.54, 1.807) is 0 Å². The van der Waals surface area contributed by atoms with Crippen LogP contribution in [0.1, 0.15) is 25.7 Å². The number of rotatable bonds is 4. The van der Waals surface area contributed by atoms with Crippen molar-refractivity contribution in [2.45, 2.75) is 43.3 Å². The Hall–Kier alpha value is -0.170. The summed E-state index contributed by atoms with van der Waals surface area (Å²) in [5, 5.41) is -0.269. The Kier molecular flexibility index (Phi) is 3.84. The first-order valence-electron chi connectivity index (χ1n) is 5.80. The van der Waals surface area contributed by atoms with Crippen molar-refractivity contribution in [3.8, 4) is 0 Å². The molecule has 3 unspecified atom stereocenters. The van der Waals surface area contributed by atoms with E-state index in [2.05, 4.69) is 0 Å². The smallest absolute Gasteiger partial charge is 0.159 e. The average Bonchev–Trinajstić information content (AvgIpc) is 2.76. The van der Waals surface area contributed by atoms with Gasteiger partial charge in [-0.05, 0) is 25.8 Å². The molecule has 0 aromatic rings. The molecular weight excluding hydrogens is 230 g/mol. The van der Waals surface area contributed by atoms with Gasteiger partial charge in [0, 0.05) is 6.42 Å². The Morgan fingerprint density at radius 3 is 2.81 bits per heavy atom. The fourth-order valence-corrected chi connectivity index (χ4v) is 4.18. The third kappa shape index (κ3) is 2.74. The minimum atomic E-state index is -2.89. The molecule has 0 amide bonds. The molecule has 0 aliphatic carbocycles. The summed E-state index contributed by atoms with van der Waals surface area (Å²) in [5.41, 5.74) is 5.43. The van der Waals surface area contributed by atoms with Crippen LogP contribution >= 0.6 is 0 Å². The summed E-state index contributed by atoms with van der Waals surface area (Å²) in [6.07, 6.45) is 2.45. The summed E-state index contributed by atoms with van der Waals surface area (Å²) in [7, 11) is -2.89. The van der Waals surface area contributed by atoms with Crippen LogP contribution in [0.2, 0.25) is 0 Å².